The molecule has 0 aliphatic carbocycles. The summed E-state index contributed by atoms with van der Waals surface area (Å²) in [5.41, 5.74) is 6.41. The zero-order chi connectivity index (χ0) is 17.6. The molecule has 0 aliphatic rings. The van der Waals surface area contributed by atoms with Crippen LogP contribution in [0.15, 0.2) is 24.3 Å². The smallest absolute Gasteiger partial charge is 0.243 e. The highest BCUT2D eigenvalue weighted by atomic mass is 32.2. The van der Waals surface area contributed by atoms with Crippen LogP contribution in [0.4, 0.5) is 11.4 Å². The van der Waals surface area contributed by atoms with E-state index in [-0.39, 0.29) is 12.5 Å². The lowest BCUT2D eigenvalue weighted by Gasteiger charge is -2.15. The highest BCUT2D eigenvalue weighted by molar-refractivity contribution is 7.92. The van der Waals surface area contributed by atoms with Crippen molar-refractivity contribution in [3.8, 4) is 0 Å². The maximum absolute atomic E-state index is 11.8. The second-order valence-corrected chi connectivity index (χ2v) is 7.24. The van der Waals surface area contributed by atoms with Gasteiger partial charge >= 0.3 is 0 Å². The van der Waals surface area contributed by atoms with Crippen molar-refractivity contribution in [2.24, 2.45) is 11.7 Å². The molecular formula is C14H22N4O4S. The summed E-state index contributed by atoms with van der Waals surface area (Å²) in [5, 5.41) is 5.01. The molecule has 0 aromatic heterocycles. The quantitative estimate of drug-likeness (QED) is 0.558. The fourth-order valence-corrected chi connectivity index (χ4v) is 2.22. The summed E-state index contributed by atoms with van der Waals surface area (Å²) in [6, 6.07) is 5.55. The number of nitrogens with two attached hydrogens (primary N) is 1. The summed E-state index contributed by atoms with van der Waals surface area (Å²) in [4.78, 5) is 23.5. The maximum Gasteiger partial charge on any atom is 0.243 e. The summed E-state index contributed by atoms with van der Waals surface area (Å²) >= 11 is 0. The van der Waals surface area contributed by atoms with Gasteiger partial charge in [-0.3, -0.25) is 14.3 Å². The number of carbonyl (C=O) groups excluding carboxylic acids is 2. The summed E-state index contributed by atoms with van der Waals surface area (Å²) in [5.74, 6) is -0.870. The Morgan fingerprint density at radius 1 is 1.22 bits per heavy atom. The number of anilines is 2. The molecule has 0 aliphatic heterocycles. The van der Waals surface area contributed by atoms with E-state index in [0.29, 0.717) is 11.4 Å². The second-order valence-electron chi connectivity index (χ2n) is 5.49. The van der Waals surface area contributed by atoms with Crippen molar-refractivity contribution in [3.63, 3.8) is 0 Å². The number of hydrogen-bond acceptors (Lipinski definition) is 5. The molecule has 1 aromatic carbocycles. The molecule has 8 nitrogen and oxygen atoms in total. The summed E-state index contributed by atoms with van der Waals surface area (Å²) < 4.78 is 24.7. The first-order valence-corrected chi connectivity index (χ1v) is 8.88. The number of sulfonamides is 1. The fourth-order valence-electron chi connectivity index (χ4n) is 1.67. The number of rotatable bonds is 7. The van der Waals surface area contributed by atoms with Crippen molar-refractivity contribution < 1.29 is 18.0 Å². The van der Waals surface area contributed by atoms with Crippen molar-refractivity contribution in [3.05, 3.63) is 24.3 Å². The number of amides is 2. The van der Waals surface area contributed by atoms with Gasteiger partial charge in [0.25, 0.3) is 0 Å². The van der Waals surface area contributed by atoms with Gasteiger partial charge in [-0.25, -0.2) is 8.42 Å². The molecule has 0 fully saturated rings. The van der Waals surface area contributed by atoms with E-state index in [4.69, 9.17) is 5.73 Å². The predicted octanol–water partition coefficient (Wildman–Crippen LogP) is 0.0961. The first kappa shape index (κ1) is 18.9. The zero-order valence-electron chi connectivity index (χ0n) is 13.3. The molecule has 0 spiro atoms. The molecule has 1 atom stereocenters. The van der Waals surface area contributed by atoms with Gasteiger partial charge < -0.3 is 16.4 Å². The van der Waals surface area contributed by atoms with Crippen molar-refractivity contribution >= 4 is 33.2 Å². The highest BCUT2D eigenvalue weighted by Gasteiger charge is 2.17. The minimum atomic E-state index is -3.40. The van der Waals surface area contributed by atoms with Crippen LogP contribution in [-0.4, -0.2) is 39.1 Å². The second kappa shape index (κ2) is 7.93. The largest absolute Gasteiger partial charge is 0.346 e. The summed E-state index contributed by atoms with van der Waals surface area (Å²) in [7, 11) is -3.40. The SMILES string of the molecule is CC(C)[C@H](N)C(=O)NCC(=O)Nc1cccc(NS(C)(=O)=O)c1. The lowest BCUT2D eigenvalue weighted by molar-refractivity contribution is -0.125. The highest BCUT2D eigenvalue weighted by Crippen LogP contribution is 2.15. The third kappa shape index (κ3) is 7.11. The van der Waals surface area contributed by atoms with E-state index in [1.54, 1.807) is 18.2 Å². The van der Waals surface area contributed by atoms with Crippen LogP contribution >= 0.6 is 0 Å². The molecule has 1 aromatic rings. The van der Waals surface area contributed by atoms with Gasteiger partial charge in [0.2, 0.25) is 21.8 Å². The van der Waals surface area contributed by atoms with Crippen molar-refractivity contribution in [1.82, 2.24) is 5.32 Å². The molecule has 0 radical (unpaired) electrons. The summed E-state index contributed by atoms with van der Waals surface area (Å²) in [6.45, 7) is 3.40. The Hall–Kier alpha value is -2.13. The van der Waals surface area contributed by atoms with Gasteiger partial charge in [-0.2, -0.15) is 0 Å². The average Bonchev–Trinajstić information content (AvgIpc) is 2.42. The molecule has 128 valence electrons. The number of hydrogen-bond donors (Lipinski definition) is 4. The Kier molecular flexibility index (Phi) is 6.52. The third-order valence-electron chi connectivity index (χ3n) is 2.89. The molecule has 9 heteroatoms. The molecule has 0 saturated heterocycles. The molecule has 0 heterocycles. The molecule has 0 unspecified atom stereocenters. The van der Waals surface area contributed by atoms with Gasteiger partial charge in [0, 0.05) is 5.69 Å². The minimum absolute atomic E-state index is 0.0307. The molecule has 5 N–H and O–H groups in total. The lowest BCUT2D eigenvalue weighted by Crippen LogP contribution is -2.46. The minimum Gasteiger partial charge on any atom is -0.346 e. The van der Waals surface area contributed by atoms with Crippen LogP contribution in [0.1, 0.15) is 13.8 Å². The van der Waals surface area contributed by atoms with Gasteiger partial charge in [0.05, 0.1) is 24.5 Å². The van der Waals surface area contributed by atoms with Gasteiger partial charge in [-0.05, 0) is 24.1 Å². The van der Waals surface area contributed by atoms with Crippen LogP contribution in [0.25, 0.3) is 0 Å². The maximum atomic E-state index is 11.8. The van der Waals surface area contributed by atoms with E-state index in [2.05, 4.69) is 15.4 Å². The van der Waals surface area contributed by atoms with Crippen LogP contribution in [0.3, 0.4) is 0 Å². The average molecular weight is 342 g/mol. The van der Waals surface area contributed by atoms with E-state index >= 15 is 0 Å². The first-order valence-electron chi connectivity index (χ1n) is 6.99. The molecule has 0 bridgehead atoms. The zero-order valence-corrected chi connectivity index (χ0v) is 14.1. The van der Waals surface area contributed by atoms with E-state index in [9.17, 15) is 18.0 Å². The van der Waals surface area contributed by atoms with E-state index < -0.39 is 27.9 Å². The lowest BCUT2D eigenvalue weighted by atomic mass is 10.1. The molecule has 1 rings (SSSR count). The fraction of sp³-hybridized carbons (Fsp3) is 0.429. The van der Waals surface area contributed by atoms with Gasteiger partial charge in [-0.1, -0.05) is 19.9 Å². The van der Waals surface area contributed by atoms with Crippen molar-refractivity contribution in [1.29, 1.82) is 0 Å². The molecule has 2 amide bonds. The summed E-state index contributed by atoms with van der Waals surface area (Å²) in [6.07, 6.45) is 1.03. The van der Waals surface area contributed by atoms with Crippen molar-refractivity contribution in [2.45, 2.75) is 19.9 Å². The first-order chi connectivity index (χ1) is 10.6. The van der Waals surface area contributed by atoms with Gasteiger partial charge in [0.1, 0.15) is 0 Å². The number of benzene rings is 1. The predicted molar refractivity (Wildman–Crippen MR) is 89.4 cm³/mol. The van der Waals surface area contributed by atoms with Gasteiger partial charge in [0.15, 0.2) is 0 Å². The van der Waals surface area contributed by atoms with Crippen LogP contribution in [-0.2, 0) is 19.6 Å². The van der Waals surface area contributed by atoms with Crippen LogP contribution < -0.4 is 21.1 Å². The topological polar surface area (TPSA) is 130 Å². The third-order valence-corrected chi connectivity index (χ3v) is 3.50. The molecular weight excluding hydrogens is 320 g/mol. The monoisotopic (exact) mass is 342 g/mol. The Morgan fingerprint density at radius 3 is 2.39 bits per heavy atom. The van der Waals surface area contributed by atoms with Gasteiger partial charge in [-0.15, -0.1) is 0 Å². The molecule has 0 saturated carbocycles. The molecule has 23 heavy (non-hydrogen) atoms. The van der Waals surface area contributed by atoms with Crippen LogP contribution in [0.5, 0.6) is 0 Å². The Bertz CT molecular complexity index is 673. The number of nitrogens with one attached hydrogen (secondary N) is 3. The number of carbonyl (C=O) groups is 2. The van der Waals surface area contributed by atoms with E-state index in [1.807, 2.05) is 13.8 Å². The van der Waals surface area contributed by atoms with E-state index in [1.165, 1.54) is 6.07 Å². The Balaban J connectivity index is 2.58. The normalized spacial score (nSPS) is 12.6. The Morgan fingerprint density at radius 2 is 1.83 bits per heavy atom. The van der Waals surface area contributed by atoms with Crippen LogP contribution in [0.2, 0.25) is 0 Å². The standard InChI is InChI=1S/C14H22N4O4S/c1-9(2)13(15)14(20)16-8-12(19)17-10-5-4-6-11(7-10)18-23(3,21)22/h4-7,9,13,18H,8,15H2,1-3H3,(H,16,20)(H,17,19)/t13-/m0/s1. The van der Waals surface area contributed by atoms with Crippen molar-refractivity contribution in [2.75, 3.05) is 22.8 Å². The Labute approximate surface area is 135 Å². The van der Waals surface area contributed by atoms with Crippen LogP contribution in [0, 0.1) is 5.92 Å². The van der Waals surface area contributed by atoms with E-state index in [0.717, 1.165) is 6.26 Å².